The van der Waals surface area contributed by atoms with Crippen LogP contribution in [0.15, 0.2) is 41.0 Å². The number of alkyl halides is 1. The summed E-state index contributed by atoms with van der Waals surface area (Å²) in [5.41, 5.74) is 2.16. The third kappa shape index (κ3) is 3.46. The second-order valence-corrected chi connectivity index (χ2v) is 4.93. The molecule has 0 atom stereocenters. The first-order chi connectivity index (χ1) is 9.24. The highest BCUT2D eigenvalue weighted by molar-refractivity contribution is 9.10. The lowest BCUT2D eigenvalue weighted by Gasteiger charge is -2.09. The summed E-state index contributed by atoms with van der Waals surface area (Å²) in [7, 11) is 0. The number of nitrogens with zero attached hydrogens (tertiary/aromatic N) is 2. The van der Waals surface area contributed by atoms with Gasteiger partial charge < -0.3 is 4.74 Å². The standard InChI is InChI=1S/C14H10BrClN2O/c15-12-6-10(7-16)3-4-14(12)19-9-11-2-1-5-18-13(11)8-17/h1-6H,7,9H2. The number of aromatic nitrogens is 1. The van der Waals surface area contributed by atoms with Gasteiger partial charge >= 0.3 is 0 Å². The molecule has 1 aromatic heterocycles. The van der Waals surface area contributed by atoms with Gasteiger partial charge in [0, 0.05) is 17.6 Å². The van der Waals surface area contributed by atoms with Gasteiger partial charge in [0.25, 0.3) is 0 Å². The van der Waals surface area contributed by atoms with Gasteiger partial charge in [0.05, 0.1) is 4.47 Å². The van der Waals surface area contributed by atoms with Crippen LogP contribution in [0.5, 0.6) is 5.75 Å². The third-order valence-electron chi connectivity index (χ3n) is 2.53. The molecule has 2 aromatic rings. The molecule has 0 aliphatic rings. The van der Waals surface area contributed by atoms with Crippen LogP contribution in [0.3, 0.4) is 0 Å². The Bertz CT molecular complexity index is 625. The molecule has 3 nitrogen and oxygen atoms in total. The molecule has 19 heavy (non-hydrogen) atoms. The van der Waals surface area contributed by atoms with E-state index in [0.717, 1.165) is 15.6 Å². The van der Waals surface area contributed by atoms with Crippen LogP contribution < -0.4 is 4.74 Å². The molecule has 0 radical (unpaired) electrons. The summed E-state index contributed by atoms with van der Waals surface area (Å²) < 4.78 is 6.52. The number of pyridine rings is 1. The Balaban J connectivity index is 2.13. The summed E-state index contributed by atoms with van der Waals surface area (Å²) in [6.07, 6.45) is 1.59. The quantitative estimate of drug-likeness (QED) is 0.791. The minimum absolute atomic E-state index is 0.301. The molecule has 1 aromatic carbocycles. The molecule has 0 saturated heterocycles. The minimum Gasteiger partial charge on any atom is -0.488 e. The predicted octanol–water partition coefficient (Wildman–Crippen LogP) is 4.03. The Kier molecular flexibility index (Phi) is 4.78. The van der Waals surface area contributed by atoms with Crippen molar-refractivity contribution in [2.75, 3.05) is 0 Å². The molecule has 0 N–H and O–H groups in total. The van der Waals surface area contributed by atoms with Gasteiger partial charge in [0.15, 0.2) is 0 Å². The number of hydrogen-bond acceptors (Lipinski definition) is 3. The Labute approximate surface area is 124 Å². The molecule has 0 spiro atoms. The zero-order chi connectivity index (χ0) is 13.7. The van der Waals surface area contributed by atoms with E-state index in [1.165, 1.54) is 0 Å². The van der Waals surface area contributed by atoms with Gasteiger partial charge in [-0.1, -0.05) is 12.1 Å². The van der Waals surface area contributed by atoms with Crippen LogP contribution >= 0.6 is 27.5 Å². The maximum Gasteiger partial charge on any atom is 0.147 e. The second kappa shape index (κ2) is 6.55. The van der Waals surface area contributed by atoms with Crippen molar-refractivity contribution in [3.63, 3.8) is 0 Å². The average Bonchev–Trinajstić information content (AvgIpc) is 2.46. The molecule has 5 heteroatoms. The van der Waals surface area contributed by atoms with Crippen molar-refractivity contribution in [1.82, 2.24) is 4.98 Å². The summed E-state index contributed by atoms with van der Waals surface area (Å²) >= 11 is 9.19. The van der Waals surface area contributed by atoms with Crippen molar-refractivity contribution in [2.24, 2.45) is 0 Å². The van der Waals surface area contributed by atoms with E-state index in [1.807, 2.05) is 30.3 Å². The fourth-order valence-electron chi connectivity index (χ4n) is 1.56. The lowest BCUT2D eigenvalue weighted by Crippen LogP contribution is -2.00. The molecule has 0 saturated carbocycles. The summed E-state index contributed by atoms with van der Waals surface area (Å²) in [6, 6.07) is 11.3. The number of ether oxygens (including phenoxy) is 1. The van der Waals surface area contributed by atoms with Crippen LogP contribution in [0.2, 0.25) is 0 Å². The highest BCUT2D eigenvalue weighted by atomic mass is 79.9. The highest BCUT2D eigenvalue weighted by Gasteiger charge is 2.06. The largest absolute Gasteiger partial charge is 0.488 e. The summed E-state index contributed by atoms with van der Waals surface area (Å²) in [4.78, 5) is 3.99. The Hall–Kier alpha value is -1.57. The van der Waals surface area contributed by atoms with Gasteiger partial charge in [-0.2, -0.15) is 5.26 Å². The number of rotatable bonds is 4. The zero-order valence-electron chi connectivity index (χ0n) is 9.94. The maximum absolute atomic E-state index is 8.95. The lowest BCUT2D eigenvalue weighted by molar-refractivity contribution is 0.303. The lowest BCUT2D eigenvalue weighted by atomic mass is 10.2. The highest BCUT2D eigenvalue weighted by Crippen LogP contribution is 2.27. The van der Waals surface area contributed by atoms with Crippen LogP contribution in [0.1, 0.15) is 16.8 Å². The summed E-state index contributed by atoms with van der Waals surface area (Å²) in [6.45, 7) is 0.301. The minimum atomic E-state index is 0.301. The van der Waals surface area contributed by atoms with Crippen molar-refractivity contribution in [3.8, 4) is 11.8 Å². The number of nitriles is 1. The molecule has 96 valence electrons. The van der Waals surface area contributed by atoms with Gasteiger partial charge in [-0.05, 0) is 39.7 Å². The van der Waals surface area contributed by atoms with Crippen LogP contribution in [-0.2, 0) is 12.5 Å². The molecular weight excluding hydrogens is 328 g/mol. The molecule has 1 heterocycles. The first-order valence-corrected chi connectivity index (χ1v) is 6.88. The van der Waals surface area contributed by atoms with Crippen molar-refractivity contribution in [3.05, 3.63) is 57.8 Å². The summed E-state index contributed by atoms with van der Waals surface area (Å²) in [5, 5.41) is 8.95. The van der Waals surface area contributed by atoms with Gasteiger partial charge in [0.1, 0.15) is 24.1 Å². The second-order valence-electron chi connectivity index (χ2n) is 3.81. The van der Waals surface area contributed by atoms with Gasteiger partial charge in [-0.25, -0.2) is 4.98 Å². The normalized spacial score (nSPS) is 9.95. The van der Waals surface area contributed by atoms with E-state index in [1.54, 1.807) is 12.3 Å². The summed E-state index contributed by atoms with van der Waals surface area (Å²) in [5.74, 6) is 1.17. The molecule has 0 bridgehead atoms. The molecule has 0 unspecified atom stereocenters. The van der Waals surface area contributed by atoms with Crippen LogP contribution in [-0.4, -0.2) is 4.98 Å². The van der Waals surface area contributed by atoms with E-state index < -0.39 is 0 Å². The van der Waals surface area contributed by atoms with E-state index in [2.05, 4.69) is 20.9 Å². The topological polar surface area (TPSA) is 45.9 Å². The maximum atomic E-state index is 8.95. The third-order valence-corrected chi connectivity index (χ3v) is 3.46. The average molecular weight is 338 g/mol. The monoisotopic (exact) mass is 336 g/mol. The molecular formula is C14H10BrClN2O. The Morgan fingerprint density at radius 1 is 1.37 bits per heavy atom. The van der Waals surface area contributed by atoms with Crippen LogP contribution in [0, 0.1) is 11.3 Å². The van der Waals surface area contributed by atoms with Crippen LogP contribution in [0.4, 0.5) is 0 Å². The smallest absolute Gasteiger partial charge is 0.147 e. The van der Waals surface area contributed by atoms with E-state index in [9.17, 15) is 0 Å². The first-order valence-electron chi connectivity index (χ1n) is 5.55. The zero-order valence-corrected chi connectivity index (χ0v) is 12.3. The number of hydrogen-bond donors (Lipinski definition) is 0. The van der Waals surface area contributed by atoms with Gasteiger partial charge in [-0.3, -0.25) is 0 Å². The van der Waals surface area contributed by atoms with E-state index >= 15 is 0 Å². The fraction of sp³-hybridized carbons (Fsp3) is 0.143. The SMILES string of the molecule is N#Cc1ncccc1COc1ccc(CCl)cc1Br. The van der Waals surface area contributed by atoms with Gasteiger partial charge in [0.2, 0.25) is 0 Å². The first kappa shape index (κ1) is 13.9. The van der Waals surface area contributed by atoms with E-state index in [4.69, 9.17) is 21.6 Å². The van der Waals surface area contributed by atoms with Gasteiger partial charge in [-0.15, -0.1) is 11.6 Å². The van der Waals surface area contributed by atoms with Crippen LogP contribution in [0.25, 0.3) is 0 Å². The molecule has 2 rings (SSSR count). The van der Waals surface area contributed by atoms with Crippen molar-refractivity contribution in [2.45, 2.75) is 12.5 Å². The Morgan fingerprint density at radius 2 is 2.21 bits per heavy atom. The van der Waals surface area contributed by atoms with Crippen molar-refractivity contribution in [1.29, 1.82) is 5.26 Å². The molecule has 0 fully saturated rings. The molecule has 0 amide bonds. The fourth-order valence-corrected chi connectivity index (χ4v) is 2.26. The van der Waals surface area contributed by atoms with Crippen molar-refractivity contribution < 1.29 is 4.74 Å². The predicted molar refractivity (Wildman–Crippen MR) is 77.0 cm³/mol. The van der Waals surface area contributed by atoms with E-state index in [-0.39, 0.29) is 0 Å². The molecule has 0 aliphatic carbocycles. The van der Waals surface area contributed by atoms with Crippen molar-refractivity contribution >= 4 is 27.5 Å². The molecule has 0 aliphatic heterocycles. The Morgan fingerprint density at radius 3 is 2.89 bits per heavy atom. The number of halogens is 2. The number of benzene rings is 1. The van der Waals surface area contributed by atoms with E-state index in [0.29, 0.717) is 23.9 Å².